The minimum atomic E-state index is -0.400. The van der Waals surface area contributed by atoms with Gasteiger partial charge in [-0.15, -0.1) is 0 Å². The molecule has 0 aliphatic heterocycles. The normalized spacial score (nSPS) is 10.3. The van der Waals surface area contributed by atoms with E-state index in [-0.39, 0.29) is 17.3 Å². The fraction of sp³-hybridized carbons (Fsp3) is 0.167. The standard InChI is InChI=1S/C12H13FN4O/c1-2-15-12(18)11-10(14)7-16-17(11)9-5-3-4-8(13)6-9/h3-7H,2,14H2,1H3,(H,15,18). The predicted molar refractivity (Wildman–Crippen MR) is 65.9 cm³/mol. The highest BCUT2D eigenvalue weighted by Gasteiger charge is 2.17. The van der Waals surface area contributed by atoms with Gasteiger partial charge in [0.15, 0.2) is 5.69 Å². The molecule has 18 heavy (non-hydrogen) atoms. The van der Waals surface area contributed by atoms with E-state index in [9.17, 15) is 9.18 Å². The summed E-state index contributed by atoms with van der Waals surface area (Å²) in [5.41, 5.74) is 6.63. The van der Waals surface area contributed by atoms with Crippen LogP contribution >= 0.6 is 0 Å². The molecule has 0 radical (unpaired) electrons. The third kappa shape index (κ3) is 2.17. The number of nitrogens with zero attached hydrogens (tertiary/aromatic N) is 2. The molecule has 0 saturated heterocycles. The van der Waals surface area contributed by atoms with Crippen LogP contribution in [0.1, 0.15) is 17.4 Å². The second kappa shape index (κ2) is 4.87. The lowest BCUT2D eigenvalue weighted by Gasteiger charge is -2.08. The van der Waals surface area contributed by atoms with Crippen molar-refractivity contribution in [2.45, 2.75) is 6.92 Å². The zero-order valence-electron chi connectivity index (χ0n) is 9.85. The van der Waals surface area contributed by atoms with Crippen LogP contribution in [0.25, 0.3) is 5.69 Å². The smallest absolute Gasteiger partial charge is 0.272 e. The molecule has 1 aromatic heterocycles. The molecule has 0 spiro atoms. The molecule has 0 unspecified atom stereocenters. The molecule has 0 bridgehead atoms. The molecule has 0 aliphatic carbocycles. The quantitative estimate of drug-likeness (QED) is 0.861. The van der Waals surface area contributed by atoms with Gasteiger partial charge in [0, 0.05) is 6.54 Å². The summed E-state index contributed by atoms with van der Waals surface area (Å²) in [4.78, 5) is 11.9. The van der Waals surface area contributed by atoms with Crippen molar-refractivity contribution in [2.24, 2.45) is 0 Å². The number of hydrogen-bond acceptors (Lipinski definition) is 3. The molecular weight excluding hydrogens is 235 g/mol. The number of benzene rings is 1. The van der Waals surface area contributed by atoms with Crippen LogP contribution in [-0.4, -0.2) is 22.2 Å². The molecule has 0 aliphatic rings. The summed E-state index contributed by atoms with van der Waals surface area (Å²) in [7, 11) is 0. The number of rotatable bonds is 3. The van der Waals surface area contributed by atoms with Gasteiger partial charge in [0.2, 0.25) is 0 Å². The maximum atomic E-state index is 13.2. The second-order valence-corrected chi connectivity index (χ2v) is 3.70. The highest BCUT2D eigenvalue weighted by atomic mass is 19.1. The number of amides is 1. The van der Waals surface area contributed by atoms with Crippen molar-refractivity contribution >= 4 is 11.6 Å². The monoisotopic (exact) mass is 248 g/mol. The van der Waals surface area contributed by atoms with Gasteiger partial charge in [-0.1, -0.05) is 6.07 Å². The van der Waals surface area contributed by atoms with Crippen LogP contribution in [0.4, 0.5) is 10.1 Å². The van der Waals surface area contributed by atoms with Crippen molar-refractivity contribution in [3.63, 3.8) is 0 Å². The van der Waals surface area contributed by atoms with Gasteiger partial charge in [-0.2, -0.15) is 5.10 Å². The summed E-state index contributed by atoms with van der Waals surface area (Å²) in [5.74, 6) is -0.736. The lowest BCUT2D eigenvalue weighted by molar-refractivity contribution is 0.0949. The summed E-state index contributed by atoms with van der Waals surface area (Å²) in [6.07, 6.45) is 1.37. The van der Waals surface area contributed by atoms with E-state index in [1.165, 1.54) is 23.0 Å². The first kappa shape index (κ1) is 12.1. The Morgan fingerprint density at radius 2 is 2.33 bits per heavy atom. The molecule has 2 aromatic rings. The third-order valence-electron chi connectivity index (χ3n) is 2.40. The molecule has 0 fully saturated rings. The molecule has 6 heteroatoms. The van der Waals surface area contributed by atoms with Crippen LogP contribution in [0.15, 0.2) is 30.5 Å². The van der Waals surface area contributed by atoms with Gasteiger partial charge in [0.25, 0.3) is 5.91 Å². The maximum absolute atomic E-state index is 13.2. The van der Waals surface area contributed by atoms with Crippen molar-refractivity contribution in [1.82, 2.24) is 15.1 Å². The summed E-state index contributed by atoms with van der Waals surface area (Å²) in [6.45, 7) is 2.28. The Kier molecular flexibility index (Phi) is 3.27. The average Bonchev–Trinajstić information content (AvgIpc) is 2.71. The van der Waals surface area contributed by atoms with E-state index < -0.39 is 5.82 Å². The summed E-state index contributed by atoms with van der Waals surface area (Å²) < 4.78 is 14.5. The zero-order valence-corrected chi connectivity index (χ0v) is 9.85. The van der Waals surface area contributed by atoms with Crippen molar-refractivity contribution in [1.29, 1.82) is 0 Å². The minimum absolute atomic E-state index is 0.211. The number of nitrogens with two attached hydrogens (primary N) is 1. The first-order valence-electron chi connectivity index (χ1n) is 5.51. The lowest BCUT2D eigenvalue weighted by Crippen LogP contribution is -2.26. The first-order valence-corrected chi connectivity index (χ1v) is 5.51. The van der Waals surface area contributed by atoms with Crippen molar-refractivity contribution in [2.75, 3.05) is 12.3 Å². The number of carbonyl (C=O) groups is 1. The number of aromatic nitrogens is 2. The molecule has 1 heterocycles. The fourth-order valence-electron chi connectivity index (χ4n) is 1.64. The minimum Gasteiger partial charge on any atom is -0.396 e. The van der Waals surface area contributed by atoms with Crippen molar-refractivity contribution in [3.05, 3.63) is 42.0 Å². The van der Waals surface area contributed by atoms with Gasteiger partial charge in [0.1, 0.15) is 5.82 Å². The number of halogens is 1. The second-order valence-electron chi connectivity index (χ2n) is 3.70. The fourth-order valence-corrected chi connectivity index (χ4v) is 1.64. The van der Waals surface area contributed by atoms with E-state index in [1.807, 2.05) is 0 Å². The number of nitrogen functional groups attached to an aromatic ring is 1. The summed E-state index contributed by atoms with van der Waals surface area (Å²) in [5, 5.41) is 6.63. The van der Waals surface area contributed by atoms with Gasteiger partial charge in [-0.25, -0.2) is 9.07 Å². The lowest BCUT2D eigenvalue weighted by atomic mass is 10.3. The van der Waals surface area contributed by atoms with Crippen LogP contribution in [0.2, 0.25) is 0 Å². The van der Waals surface area contributed by atoms with E-state index in [0.29, 0.717) is 12.2 Å². The first-order chi connectivity index (χ1) is 8.63. The molecule has 3 N–H and O–H groups in total. The Morgan fingerprint density at radius 3 is 3.00 bits per heavy atom. The molecule has 1 amide bonds. The Labute approximate surface area is 103 Å². The Hall–Kier alpha value is -2.37. The molecule has 5 nitrogen and oxygen atoms in total. The maximum Gasteiger partial charge on any atom is 0.272 e. The Balaban J connectivity index is 2.49. The molecule has 0 atom stereocenters. The molecule has 1 aromatic carbocycles. The SMILES string of the molecule is CCNC(=O)c1c(N)cnn1-c1cccc(F)c1. The molecule has 2 rings (SSSR count). The Bertz CT molecular complexity index is 579. The van der Waals surface area contributed by atoms with Crippen LogP contribution in [-0.2, 0) is 0 Å². The van der Waals surface area contributed by atoms with Gasteiger partial charge in [-0.3, -0.25) is 4.79 Å². The summed E-state index contributed by atoms with van der Waals surface area (Å²) in [6, 6.07) is 5.81. The van der Waals surface area contributed by atoms with Gasteiger partial charge < -0.3 is 11.1 Å². The topological polar surface area (TPSA) is 72.9 Å². The van der Waals surface area contributed by atoms with Gasteiger partial charge in [-0.05, 0) is 25.1 Å². The van der Waals surface area contributed by atoms with Crippen molar-refractivity contribution < 1.29 is 9.18 Å². The van der Waals surface area contributed by atoms with Gasteiger partial charge >= 0.3 is 0 Å². The van der Waals surface area contributed by atoms with E-state index >= 15 is 0 Å². The van der Waals surface area contributed by atoms with E-state index in [4.69, 9.17) is 5.73 Å². The highest BCUT2D eigenvalue weighted by Crippen LogP contribution is 2.17. The molecular formula is C12H13FN4O. The van der Waals surface area contributed by atoms with Crippen LogP contribution in [0.5, 0.6) is 0 Å². The van der Waals surface area contributed by atoms with Crippen LogP contribution in [0, 0.1) is 5.82 Å². The van der Waals surface area contributed by atoms with Gasteiger partial charge in [0.05, 0.1) is 17.6 Å². The predicted octanol–water partition coefficient (Wildman–Crippen LogP) is 1.34. The zero-order chi connectivity index (χ0) is 13.1. The molecule has 0 saturated carbocycles. The Morgan fingerprint density at radius 1 is 1.56 bits per heavy atom. The number of hydrogen-bond donors (Lipinski definition) is 2. The highest BCUT2D eigenvalue weighted by molar-refractivity contribution is 5.97. The molecule has 94 valence electrons. The summed E-state index contributed by atoms with van der Waals surface area (Å²) >= 11 is 0. The number of anilines is 1. The van der Waals surface area contributed by atoms with E-state index in [1.54, 1.807) is 19.1 Å². The van der Waals surface area contributed by atoms with Crippen molar-refractivity contribution in [3.8, 4) is 5.69 Å². The third-order valence-corrected chi connectivity index (χ3v) is 2.40. The van der Waals surface area contributed by atoms with Crippen LogP contribution < -0.4 is 11.1 Å². The van der Waals surface area contributed by atoms with E-state index in [2.05, 4.69) is 10.4 Å². The van der Waals surface area contributed by atoms with E-state index in [0.717, 1.165) is 0 Å². The largest absolute Gasteiger partial charge is 0.396 e. The average molecular weight is 248 g/mol. The van der Waals surface area contributed by atoms with Crippen LogP contribution in [0.3, 0.4) is 0 Å². The number of nitrogens with one attached hydrogen (secondary N) is 1. The number of carbonyl (C=O) groups excluding carboxylic acids is 1.